The van der Waals surface area contributed by atoms with Crippen LogP contribution in [-0.4, -0.2) is 0 Å². The molecule has 0 aliphatic carbocycles. The molecule has 0 amide bonds. The molecule has 0 N–H and O–H groups in total. The van der Waals surface area contributed by atoms with Gasteiger partial charge in [-0.15, -0.1) is 0 Å². The molecule has 1 heteroatoms. The Hall–Kier alpha value is -0.750. The number of halogens is 1. The van der Waals surface area contributed by atoms with Gasteiger partial charge in [-0.25, -0.2) is 0 Å². The number of hydrogen-bond acceptors (Lipinski definition) is 0. The van der Waals surface area contributed by atoms with Crippen molar-refractivity contribution in [1.29, 1.82) is 0 Å². The summed E-state index contributed by atoms with van der Waals surface area (Å²) in [6, 6.07) is 8.31. The number of allylic oxidation sites excluding steroid dienone is 1. The normalized spacial score (nSPS) is 11.7. The third kappa shape index (κ3) is 2.09. The zero-order chi connectivity index (χ0) is 8.27. The van der Waals surface area contributed by atoms with Gasteiger partial charge in [0.1, 0.15) is 0 Å². The van der Waals surface area contributed by atoms with Crippen LogP contribution in [0.2, 0.25) is 0 Å². The Bertz CT molecular complexity index is 257. The topological polar surface area (TPSA) is 0 Å². The molecule has 0 saturated heterocycles. The van der Waals surface area contributed by atoms with E-state index in [1.807, 2.05) is 6.92 Å². The van der Waals surface area contributed by atoms with Crippen molar-refractivity contribution in [2.24, 2.45) is 0 Å². The Balaban J connectivity index is 2.99. The van der Waals surface area contributed by atoms with Gasteiger partial charge in [-0.2, -0.15) is 0 Å². The van der Waals surface area contributed by atoms with E-state index in [-0.39, 0.29) is 0 Å². The summed E-state index contributed by atoms with van der Waals surface area (Å²) in [5.41, 5.74) is 5.17. The van der Waals surface area contributed by atoms with E-state index >= 15 is 0 Å². The van der Waals surface area contributed by atoms with Crippen molar-refractivity contribution in [3.8, 4) is 0 Å². The fourth-order valence-electron chi connectivity index (χ4n) is 0.879. The van der Waals surface area contributed by atoms with Crippen LogP contribution >= 0.6 is 11.6 Å². The van der Waals surface area contributed by atoms with Crippen molar-refractivity contribution < 1.29 is 0 Å². The maximum atomic E-state index is 5.56. The molecular weight excluding hydrogens is 156 g/mol. The van der Waals surface area contributed by atoms with E-state index in [0.717, 1.165) is 5.57 Å². The van der Waals surface area contributed by atoms with E-state index in [1.165, 1.54) is 11.1 Å². The lowest BCUT2D eigenvalue weighted by Crippen LogP contribution is -1.77. The minimum absolute atomic E-state index is 1.10. The molecule has 11 heavy (non-hydrogen) atoms. The van der Waals surface area contributed by atoms with Crippen LogP contribution in [0.4, 0.5) is 0 Å². The predicted octanol–water partition coefficient (Wildman–Crippen LogP) is 3.59. The van der Waals surface area contributed by atoms with Gasteiger partial charge in [-0.3, -0.25) is 0 Å². The first-order valence-electron chi connectivity index (χ1n) is 3.58. The van der Waals surface area contributed by atoms with Crippen molar-refractivity contribution in [2.75, 3.05) is 0 Å². The average molecular weight is 167 g/mol. The smallest absolute Gasteiger partial charge is 0.00777 e. The van der Waals surface area contributed by atoms with Gasteiger partial charge in [0.25, 0.3) is 0 Å². The molecule has 0 aliphatic rings. The standard InChI is InChI=1S/C10H11Cl/c1-8-3-5-10(6-4-8)9(2)7-11/h3-7H,1-2H3/b9-7-. The second kappa shape index (κ2) is 3.59. The minimum atomic E-state index is 1.10. The fourth-order valence-corrected chi connectivity index (χ4v) is 1.01. The maximum absolute atomic E-state index is 5.56. The van der Waals surface area contributed by atoms with Crippen LogP contribution in [0.5, 0.6) is 0 Å². The number of benzene rings is 1. The number of hydrogen-bond donors (Lipinski definition) is 0. The highest BCUT2D eigenvalue weighted by Gasteiger charge is 1.92. The van der Waals surface area contributed by atoms with E-state index in [0.29, 0.717) is 0 Å². The van der Waals surface area contributed by atoms with E-state index < -0.39 is 0 Å². The fraction of sp³-hybridized carbons (Fsp3) is 0.200. The summed E-state index contributed by atoms with van der Waals surface area (Å²) in [6.45, 7) is 4.07. The maximum Gasteiger partial charge on any atom is 0.00777 e. The van der Waals surface area contributed by atoms with Crippen LogP contribution in [-0.2, 0) is 0 Å². The van der Waals surface area contributed by atoms with E-state index in [2.05, 4.69) is 31.2 Å². The lowest BCUT2D eigenvalue weighted by Gasteiger charge is -1.99. The predicted molar refractivity (Wildman–Crippen MR) is 50.7 cm³/mol. The Morgan fingerprint density at radius 2 is 1.82 bits per heavy atom. The molecule has 0 nitrogen and oxygen atoms in total. The highest BCUT2D eigenvalue weighted by Crippen LogP contribution is 2.14. The minimum Gasteiger partial charge on any atom is -0.0926 e. The molecular formula is C10H11Cl. The second-order valence-corrected chi connectivity index (χ2v) is 2.88. The monoisotopic (exact) mass is 166 g/mol. The lowest BCUT2D eigenvalue weighted by atomic mass is 10.1. The van der Waals surface area contributed by atoms with Crippen LogP contribution in [0, 0.1) is 6.92 Å². The number of aryl methyl sites for hydroxylation is 1. The van der Waals surface area contributed by atoms with Gasteiger partial charge in [0.05, 0.1) is 0 Å². The highest BCUT2D eigenvalue weighted by molar-refractivity contribution is 6.28. The van der Waals surface area contributed by atoms with Gasteiger partial charge in [0.15, 0.2) is 0 Å². The van der Waals surface area contributed by atoms with Gasteiger partial charge < -0.3 is 0 Å². The first-order chi connectivity index (χ1) is 5.24. The summed E-state index contributed by atoms with van der Waals surface area (Å²) in [6.07, 6.45) is 0. The molecule has 0 fully saturated rings. The summed E-state index contributed by atoms with van der Waals surface area (Å²) in [5.74, 6) is 0. The van der Waals surface area contributed by atoms with Gasteiger partial charge >= 0.3 is 0 Å². The summed E-state index contributed by atoms with van der Waals surface area (Å²) >= 11 is 5.56. The molecule has 0 spiro atoms. The Morgan fingerprint density at radius 3 is 2.27 bits per heavy atom. The molecule has 0 saturated carbocycles. The summed E-state index contributed by atoms with van der Waals surface area (Å²) < 4.78 is 0. The van der Waals surface area contributed by atoms with Crippen LogP contribution in [0.1, 0.15) is 18.1 Å². The molecule has 1 aromatic carbocycles. The molecule has 0 bridgehead atoms. The zero-order valence-corrected chi connectivity index (χ0v) is 7.52. The quantitative estimate of drug-likeness (QED) is 0.598. The largest absolute Gasteiger partial charge is 0.0926 e. The van der Waals surface area contributed by atoms with Crippen molar-refractivity contribution in [1.82, 2.24) is 0 Å². The third-order valence-corrected chi connectivity index (χ3v) is 2.00. The van der Waals surface area contributed by atoms with Crippen molar-refractivity contribution in [3.05, 3.63) is 40.9 Å². The van der Waals surface area contributed by atoms with Crippen LogP contribution < -0.4 is 0 Å². The van der Waals surface area contributed by atoms with E-state index in [1.54, 1.807) is 5.54 Å². The van der Waals surface area contributed by atoms with Crippen molar-refractivity contribution >= 4 is 17.2 Å². The van der Waals surface area contributed by atoms with Crippen LogP contribution in [0.25, 0.3) is 5.57 Å². The van der Waals surface area contributed by atoms with Crippen molar-refractivity contribution in [3.63, 3.8) is 0 Å². The summed E-state index contributed by atoms with van der Waals surface area (Å²) in [5, 5.41) is 0. The SMILES string of the molecule is C/C(=C/Cl)c1ccc(C)cc1. The summed E-state index contributed by atoms with van der Waals surface area (Å²) in [7, 11) is 0. The Kier molecular flexibility index (Phi) is 2.72. The van der Waals surface area contributed by atoms with Gasteiger partial charge in [-0.05, 0) is 25.0 Å². The van der Waals surface area contributed by atoms with Gasteiger partial charge in [0.2, 0.25) is 0 Å². The zero-order valence-electron chi connectivity index (χ0n) is 6.76. The summed E-state index contributed by atoms with van der Waals surface area (Å²) in [4.78, 5) is 0. The van der Waals surface area contributed by atoms with Crippen LogP contribution in [0.3, 0.4) is 0 Å². The van der Waals surface area contributed by atoms with E-state index in [4.69, 9.17) is 11.6 Å². The molecule has 1 rings (SSSR count). The molecule has 0 unspecified atom stereocenters. The first-order valence-corrected chi connectivity index (χ1v) is 4.01. The lowest BCUT2D eigenvalue weighted by molar-refractivity contribution is 1.45. The average Bonchev–Trinajstić information content (AvgIpc) is 2.05. The second-order valence-electron chi connectivity index (χ2n) is 2.66. The molecule has 1 aromatic rings. The van der Waals surface area contributed by atoms with Gasteiger partial charge in [-0.1, -0.05) is 41.4 Å². The molecule has 0 heterocycles. The highest BCUT2D eigenvalue weighted by atomic mass is 35.5. The van der Waals surface area contributed by atoms with Crippen LogP contribution in [0.15, 0.2) is 29.8 Å². The number of rotatable bonds is 1. The van der Waals surface area contributed by atoms with Crippen molar-refractivity contribution in [2.45, 2.75) is 13.8 Å². The Morgan fingerprint density at radius 1 is 1.27 bits per heavy atom. The molecule has 0 aliphatic heterocycles. The molecule has 58 valence electrons. The Labute approximate surface area is 72.5 Å². The first kappa shape index (κ1) is 8.35. The molecule has 0 radical (unpaired) electrons. The van der Waals surface area contributed by atoms with E-state index in [9.17, 15) is 0 Å². The molecule has 0 aromatic heterocycles. The molecule has 0 atom stereocenters. The van der Waals surface area contributed by atoms with Gasteiger partial charge in [0, 0.05) is 5.54 Å². The third-order valence-electron chi connectivity index (χ3n) is 1.67.